The second-order valence-corrected chi connectivity index (χ2v) is 3.97. The summed E-state index contributed by atoms with van der Waals surface area (Å²) in [5, 5.41) is 0. The summed E-state index contributed by atoms with van der Waals surface area (Å²) >= 11 is 5.90. The normalized spacial score (nSPS) is 23.2. The van der Waals surface area contributed by atoms with Crippen LogP contribution in [0.1, 0.15) is 26.7 Å². The zero-order chi connectivity index (χ0) is 8.32. The van der Waals surface area contributed by atoms with Crippen LogP contribution in [-0.2, 0) is 4.74 Å². The second kappa shape index (κ2) is 3.77. The minimum atomic E-state index is 0.248. The Morgan fingerprint density at radius 1 is 1.55 bits per heavy atom. The summed E-state index contributed by atoms with van der Waals surface area (Å²) in [7, 11) is 0. The van der Waals surface area contributed by atoms with Crippen molar-refractivity contribution in [3.63, 3.8) is 0 Å². The van der Waals surface area contributed by atoms with Crippen LogP contribution in [-0.4, -0.2) is 19.1 Å². The molecule has 11 heavy (non-hydrogen) atoms. The Balaban J connectivity index is 2.31. The molecule has 0 aromatic carbocycles. The minimum absolute atomic E-state index is 0.248. The molecule has 0 aromatic heterocycles. The van der Waals surface area contributed by atoms with Crippen LogP contribution < -0.4 is 0 Å². The van der Waals surface area contributed by atoms with Crippen molar-refractivity contribution in [2.75, 3.05) is 19.1 Å². The highest BCUT2D eigenvalue weighted by molar-refractivity contribution is 6.18. The predicted molar refractivity (Wildman–Crippen MR) is 48.0 cm³/mol. The topological polar surface area (TPSA) is 9.23 Å². The molecule has 1 aliphatic rings. The van der Waals surface area contributed by atoms with E-state index in [1.807, 2.05) is 6.92 Å². The van der Waals surface area contributed by atoms with Gasteiger partial charge < -0.3 is 4.74 Å². The zero-order valence-corrected chi connectivity index (χ0v) is 8.16. The first-order valence-electron chi connectivity index (χ1n) is 4.36. The van der Waals surface area contributed by atoms with Crippen LogP contribution in [0.4, 0.5) is 0 Å². The first kappa shape index (κ1) is 9.34. The van der Waals surface area contributed by atoms with Crippen molar-refractivity contribution >= 4 is 11.6 Å². The van der Waals surface area contributed by atoms with E-state index < -0.39 is 0 Å². The van der Waals surface area contributed by atoms with Crippen LogP contribution in [0.25, 0.3) is 0 Å². The van der Waals surface area contributed by atoms with Crippen molar-refractivity contribution < 1.29 is 4.74 Å². The maximum atomic E-state index is 5.90. The maximum absolute atomic E-state index is 5.90. The minimum Gasteiger partial charge on any atom is -0.381 e. The molecule has 0 radical (unpaired) electrons. The fourth-order valence-corrected chi connectivity index (χ4v) is 1.68. The summed E-state index contributed by atoms with van der Waals surface area (Å²) in [5.41, 5.74) is 0.248. The Kier molecular flexibility index (Phi) is 3.20. The number of alkyl halides is 1. The van der Waals surface area contributed by atoms with Gasteiger partial charge in [0.1, 0.15) is 0 Å². The standard InChI is InChI=1S/C9H17ClO/c1-3-11-7-9(2,6-10)8-4-5-8/h8H,3-7H2,1-2H3. The van der Waals surface area contributed by atoms with Crippen molar-refractivity contribution in [3.8, 4) is 0 Å². The number of rotatable bonds is 5. The van der Waals surface area contributed by atoms with Gasteiger partial charge in [-0.1, -0.05) is 6.92 Å². The molecule has 0 N–H and O–H groups in total. The molecule has 0 spiro atoms. The van der Waals surface area contributed by atoms with Crippen molar-refractivity contribution in [2.24, 2.45) is 11.3 Å². The highest BCUT2D eigenvalue weighted by Crippen LogP contribution is 2.46. The van der Waals surface area contributed by atoms with Crippen LogP contribution in [0.3, 0.4) is 0 Å². The van der Waals surface area contributed by atoms with Gasteiger partial charge in [-0.25, -0.2) is 0 Å². The van der Waals surface area contributed by atoms with Gasteiger partial charge in [-0.05, 0) is 25.7 Å². The molecule has 1 fully saturated rings. The molecule has 0 saturated heterocycles. The van der Waals surface area contributed by atoms with E-state index >= 15 is 0 Å². The molecule has 1 rings (SSSR count). The molecule has 0 heterocycles. The lowest BCUT2D eigenvalue weighted by molar-refractivity contribution is 0.0606. The molecule has 2 heteroatoms. The van der Waals surface area contributed by atoms with Crippen LogP contribution in [0.5, 0.6) is 0 Å². The Hall–Kier alpha value is 0.250. The Morgan fingerprint density at radius 3 is 2.55 bits per heavy atom. The van der Waals surface area contributed by atoms with Gasteiger partial charge in [0.05, 0.1) is 6.61 Å². The van der Waals surface area contributed by atoms with Crippen molar-refractivity contribution in [1.29, 1.82) is 0 Å². The van der Waals surface area contributed by atoms with E-state index in [1.54, 1.807) is 0 Å². The zero-order valence-electron chi connectivity index (χ0n) is 7.40. The second-order valence-electron chi connectivity index (χ2n) is 3.70. The van der Waals surface area contributed by atoms with E-state index in [-0.39, 0.29) is 5.41 Å². The van der Waals surface area contributed by atoms with Crippen LogP contribution >= 0.6 is 11.6 Å². The molecule has 1 nitrogen and oxygen atoms in total. The molecule has 66 valence electrons. The molecule has 1 unspecified atom stereocenters. The summed E-state index contributed by atoms with van der Waals surface area (Å²) in [6.07, 6.45) is 2.69. The summed E-state index contributed by atoms with van der Waals surface area (Å²) in [6, 6.07) is 0. The van der Waals surface area contributed by atoms with Crippen LogP contribution in [0.2, 0.25) is 0 Å². The van der Waals surface area contributed by atoms with Gasteiger partial charge in [0, 0.05) is 17.9 Å². The largest absolute Gasteiger partial charge is 0.381 e. The fourth-order valence-electron chi connectivity index (χ4n) is 1.38. The highest BCUT2D eigenvalue weighted by Gasteiger charge is 2.40. The van der Waals surface area contributed by atoms with Crippen molar-refractivity contribution in [1.82, 2.24) is 0 Å². The molecular weight excluding hydrogens is 160 g/mol. The Labute approximate surface area is 74.1 Å². The van der Waals surface area contributed by atoms with Gasteiger partial charge in [0.2, 0.25) is 0 Å². The molecule has 0 amide bonds. The monoisotopic (exact) mass is 176 g/mol. The third kappa shape index (κ3) is 2.34. The van der Waals surface area contributed by atoms with Gasteiger partial charge in [0.15, 0.2) is 0 Å². The van der Waals surface area contributed by atoms with Crippen molar-refractivity contribution in [2.45, 2.75) is 26.7 Å². The SMILES string of the molecule is CCOCC(C)(CCl)C1CC1. The van der Waals surface area contributed by atoms with Gasteiger partial charge in [-0.15, -0.1) is 11.6 Å². The molecule has 1 atom stereocenters. The smallest absolute Gasteiger partial charge is 0.0533 e. The molecule has 0 bridgehead atoms. The fraction of sp³-hybridized carbons (Fsp3) is 1.00. The van der Waals surface area contributed by atoms with Crippen LogP contribution in [0, 0.1) is 11.3 Å². The summed E-state index contributed by atoms with van der Waals surface area (Å²) in [4.78, 5) is 0. The number of halogens is 1. The lowest BCUT2D eigenvalue weighted by atomic mass is 9.88. The lowest BCUT2D eigenvalue weighted by Gasteiger charge is -2.26. The summed E-state index contributed by atoms with van der Waals surface area (Å²) < 4.78 is 5.41. The number of hydrogen-bond donors (Lipinski definition) is 0. The molecule has 0 aromatic rings. The maximum Gasteiger partial charge on any atom is 0.0533 e. The Bertz CT molecular complexity index is 123. The summed E-state index contributed by atoms with van der Waals surface area (Å²) in [5.74, 6) is 1.56. The van der Waals surface area contributed by atoms with E-state index in [4.69, 9.17) is 16.3 Å². The average molecular weight is 177 g/mol. The first-order valence-corrected chi connectivity index (χ1v) is 4.90. The molecule has 1 saturated carbocycles. The van der Waals surface area contributed by atoms with Gasteiger partial charge in [-0.3, -0.25) is 0 Å². The van der Waals surface area contributed by atoms with Crippen LogP contribution in [0.15, 0.2) is 0 Å². The van der Waals surface area contributed by atoms with Gasteiger partial charge >= 0.3 is 0 Å². The van der Waals surface area contributed by atoms with E-state index in [0.717, 1.165) is 25.0 Å². The number of ether oxygens (including phenoxy) is 1. The summed E-state index contributed by atoms with van der Waals surface area (Å²) in [6.45, 7) is 5.89. The molecule has 0 aliphatic heterocycles. The van der Waals surface area contributed by atoms with E-state index in [2.05, 4.69) is 6.92 Å². The molecule has 1 aliphatic carbocycles. The predicted octanol–water partition coefficient (Wildman–Crippen LogP) is 2.68. The number of hydrogen-bond acceptors (Lipinski definition) is 1. The van der Waals surface area contributed by atoms with E-state index in [1.165, 1.54) is 12.8 Å². The third-order valence-electron chi connectivity index (χ3n) is 2.50. The lowest BCUT2D eigenvalue weighted by Crippen LogP contribution is -2.27. The average Bonchev–Trinajstić information content (AvgIpc) is 2.82. The van der Waals surface area contributed by atoms with E-state index in [0.29, 0.717) is 0 Å². The van der Waals surface area contributed by atoms with Gasteiger partial charge in [0.25, 0.3) is 0 Å². The van der Waals surface area contributed by atoms with Gasteiger partial charge in [-0.2, -0.15) is 0 Å². The van der Waals surface area contributed by atoms with Crippen molar-refractivity contribution in [3.05, 3.63) is 0 Å². The first-order chi connectivity index (χ1) is 5.23. The third-order valence-corrected chi connectivity index (χ3v) is 3.11. The van der Waals surface area contributed by atoms with E-state index in [9.17, 15) is 0 Å². The highest BCUT2D eigenvalue weighted by atomic mass is 35.5. The Morgan fingerprint density at radius 2 is 2.18 bits per heavy atom. The quantitative estimate of drug-likeness (QED) is 0.586. The molecular formula is C9H17ClO.